The SMILES string of the molecule is CCCCCCCCN(CCCCCCCC)CCC[C@@H](C)C1CC[C@H]2C3[C@H](OCCCN)CC4C[C@H](OCCCN)CCC4(C)[C@H]3C[C@H](OCCCN)C12C. The van der Waals surface area contributed by atoms with E-state index in [1.54, 1.807) is 0 Å². The number of hydrogen-bond donors (Lipinski definition) is 3. The second-order valence-corrected chi connectivity index (χ2v) is 20.0. The molecule has 0 saturated heterocycles. The molecule has 4 aliphatic carbocycles. The maximum absolute atomic E-state index is 7.13. The van der Waals surface area contributed by atoms with Gasteiger partial charge in [0.2, 0.25) is 0 Å². The van der Waals surface area contributed by atoms with Crippen molar-refractivity contribution in [2.75, 3.05) is 59.1 Å². The topological polar surface area (TPSA) is 109 Å². The summed E-state index contributed by atoms with van der Waals surface area (Å²) in [7, 11) is 0. The number of unbranched alkanes of at least 4 members (excludes halogenated alkanes) is 10. The van der Waals surface area contributed by atoms with E-state index in [9.17, 15) is 0 Å². The summed E-state index contributed by atoms with van der Waals surface area (Å²) in [5.41, 5.74) is 18.4. The predicted molar refractivity (Wildman–Crippen MR) is 238 cm³/mol. The van der Waals surface area contributed by atoms with Crippen molar-refractivity contribution in [3.05, 3.63) is 0 Å². The first-order valence-electron chi connectivity index (χ1n) is 25.0. The fraction of sp³-hybridized carbons (Fsp3) is 1.00. The van der Waals surface area contributed by atoms with E-state index < -0.39 is 0 Å². The van der Waals surface area contributed by atoms with Gasteiger partial charge in [0.05, 0.1) is 18.3 Å². The number of fused-ring (bicyclic) bond motifs is 5. The smallest absolute Gasteiger partial charge is 0.0637 e. The van der Waals surface area contributed by atoms with Crippen LogP contribution in [-0.2, 0) is 14.2 Å². The summed E-state index contributed by atoms with van der Waals surface area (Å²) in [4.78, 5) is 2.86. The van der Waals surface area contributed by atoms with Crippen molar-refractivity contribution in [2.24, 2.45) is 63.5 Å². The maximum atomic E-state index is 7.13. The number of rotatable bonds is 31. The van der Waals surface area contributed by atoms with Crippen LogP contribution in [0.3, 0.4) is 0 Å². The molecule has 4 fully saturated rings. The maximum Gasteiger partial charge on any atom is 0.0637 e. The van der Waals surface area contributed by atoms with Gasteiger partial charge < -0.3 is 36.3 Å². The summed E-state index contributed by atoms with van der Waals surface area (Å²) >= 11 is 0. The first-order chi connectivity index (χ1) is 27.3. The number of hydrogen-bond acceptors (Lipinski definition) is 7. The minimum Gasteiger partial charge on any atom is -0.378 e. The van der Waals surface area contributed by atoms with Crippen LogP contribution in [0.15, 0.2) is 0 Å². The lowest BCUT2D eigenvalue weighted by Gasteiger charge is -2.65. The Morgan fingerprint density at radius 3 is 1.80 bits per heavy atom. The summed E-state index contributed by atoms with van der Waals surface area (Å²) in [5, 5.41) is 0. The third kappa shape index (κ3) is 13.4. The Kier molecular flexibility index (Phi) is 22.6. The molecule has 0 aliphatic heterocycles. The Morgan fingerprint density at radius 1 is 0.607 bits per heavy atom. The van der Waals surface area contributed by atoms with Crippen LogP contribution in [0.1, 0.15) is 189 Å². The van der Waals surface area contributed by atoms with E-state index in [0.29, 0.717) is 78.9 Å². The molecule has 5 unspecified atom stereocenters. The zero-order chi connectivity index (χ0) is 40.2. The molecule has 0 spiro atoms. The molecule has 0 aromatic carbocycles. The van der Waals surface area contributed by atoms with Gasteiger partial charge in [0.1, 0.15) is 0 Å². The van der Waals surface area contributed by atoms with Crippen LogP contribution in [0.4, 0.5) is 0 Å². The quantitative estimate of drug-likeness (QED) is 0.0600. The number of nitrogens with zero attached hydrogens (tertiary/aromatic N) is 1. The normalized spacial score (nSPS) is 33.4. The predicted octanol–water partition coefficient (Wildman–Crippen LogP) is 10.5. The molecule has 4 aliphatic rings. The highest BCUT2D eigenvalue weighted by molar-refractivity contribution is 5.15. The molecular weight excluding hydrogens is 693 g/mol. The zero-order valence-corrected chi connectivity index (χ0v) is 37.9. The summed E-state index contributed by atoms with van der Waals surface area (Å²) in [6.45, 7) is 21.0. The summed E-state index contributed by atoms with van der Waals surface area (Å²) in [5.74, 6) is 3.91. The third-order valence-electron chi connectivity index (χ3n) is 16.3. The molecular formula is C49H96N4O3. The molecule has 7 nitrogen and oxygen atoms in total. The lowest BCUT2D eigenvalue weighted by molar-refractivity contribution is -0.227. The molecule has 0 aromatic heterocycles. The average molecular weight is 789 g/mol. The van der Waals surface area contributed by atoms with Crippen LogP contribution in [0.2, 0.25) is 0 Å². The highest BCUT2D eigenvalue weighted by Gasteiger charge is 2.66. The van der Waals surface area contributed by atoms with Crippen LogP contribution in [0.5, 0.6) is 0 Å². The van der Waals surface area contributed by atoms with Gasteiger partial charge in [0.25, 0.3) is 0 Å². The lowest BCUT2D eigenvalue weighted by Crippen LogP contribution is -2.63. The molecule has 11 atom stereocenters. The van der Waals surface area contributed by atoms with E-state index in [0.717, 1.165) is 45.5 Å². The Balaban J connectivity index is 1.47. The molecule has 0 radical (unpaired) electrons. The Hall–Kier alpha value is -0.280. The van der Waals surface area contributed by atoms with Crippen LogP contribution >= 0.6 is 0 Å². The standard InChI is InChI=1S/C49H96N4O3/c1-6-8-10-12-14-16-30-53(31-17-15-13-11-9-7-2)32-18-22-39(3)42-23-24-43-47-44(38-46(49(42,43)5)56-35-21-29-52)48(4)26-25-41(54-33-19-27-50)36-40(48)37-45(47)55-34-20-28-51/h39-47H,6-38,50-52H2,1-5H3/t39-,40?,41-,42?,43+,44+,45-,46+,47?,48?,49?/m1/s1. The summed E-state index contributed by atoms with van der Waals surface area (Å²) in [6, 6.07) is 0. The molecule has 0 heterocycles. The highest BCUT2D eigenvalue weighted by atomic mass is 16.5. The van der Waals surface area contributed by atoms with Gasteiger partial charge in [-0.05, 0) is 170 Å². The van der Waals surface area contributed by atoms with E-state index in [1.165, 1.54) is 148 Å². The van der Waals surface area contributed by atoms with Crippen LogP contribution in [0, 0.1) is 46.3 Å². The van der Waals surface area contributed by atoms with Crippen molar-refractivity contribution in [1.82, 2.24) is 4.90 Å². The Labute approximate surface area is 347 Å². The van der Waals surface area contributed by atoms with Crippen molar-refractivity contribution in [1.29, 1.82) is 0 Å². The molecule has 56 heavy (non-hydrogen) atoms. The van der Waals surface area contributed by atoms with E-state index in [-0.39, 0.29) is 5.41 Å². The van der Waals surface area contributed by atoms with E-state index in [4.69, 9.17) is 31.4 Å². The molecule has 0 amide bonds. The van der Waals surface area contributed by atoms with Gasteiger partial charge in [0.15, 0.2) is 0 Å². The van der Waals surface area contributed by atoms with Gasteiger partial charge in [-0.2, -0.15) is 0 Å². The molecule has 0 aromatic rings. The molecule has 4 rings (SSSR count). The minimum atomic E-state index is 0.174. The molecule has 4 saturated carbocycles. The molecule has 6 N–H and O–H groups in total. The number of ether oxygens (including phenoxy) is 3. The van der Waals surface area contributed by atoms with Gasteiger partial charge in [-0.25, -0.2) is 0 Å². The van der Waals surface area contributed by atoms with Gasteiger partial charge >= 0.3 is 0 Å². The fourth-order valence-corrected chi connectivity index (χ4v) is 13.0. The first-order valence-corrected chi connectivity index (χ1v) is 25.0. The van der Waals surface area contributed by atoms with Crippen molar-refractivity contribution in [3.63, 3.8) is 0 Å². The summed E-state index contributed by atoms with van der Waals surface area (Å²) < 4.78 is 20.6. The van der Waals surface area contributed by atoms with Gasteiger partial charge in [-0.15, -0.1) is 0 Å². The third-order valence-corrected chi connectivity index (χ3v) is 16.3. The van der Waals surface area contributed by atoms with Crippen LogP contribution < -0.4 is 17.2 Å². The van der Waals surface area contributed by atoms with E-state index >= 15 is 0 Å². The second kappa shape index (κ2) is 26.1. The van der Waals surface area contributed by atoms with Crippen molar-refractivity contribution in [2.45, 2.75) is 207 Å². The molecule has 0 bridgehead atoms. The van der Waals surface area contributed by atoms with Gasteiger partial charge in [-0.1, -0.05) is 98.8 Å². The molecule has 7 heteroatoms. The van der Waals surface area contributed by atoms with Crippen molar-refractivity contribution in [3.8, 4) is 0 Å². The average Bonchev–Trinajstić information content (AvgIpc) is 3.56. The second-order valence-electron chi connectivity index (χ2n) is 20.0. The first kappa shape index (κ1) is 48.4. The Morgan fingerprint density at radius 2 is 1.18 bits per heavy atom. The largest absolute Gasteiger partial charge is 0.378 e. The van der Waals surface area contributed by atoms with Crippen LogP contribution in [0.25, 0.3) is 0 Å². The minimum absolute atomic E-state index is 0.174. The Bertz CT molecular complexity index is 1000. The summed E-state index contributed by atoms with van der Waals surface area (Å²) in [6.07, 6.45) is 31.8. The fourth-order valence-electron chi connectivity index (χ4n) is 13.0. The lowest BCUT2D eigenvalue weighted by atomic mass is 9.43. The zero-order valence-electron chi connectivity index (χ0n) is 37.9. The van der Waals surface area contributed by atoms with E-state index in [2.05, 4.69) is 39.5 Å². The van der Waals surface area contributed by atoms with Crippen molar-refractivity contribution >= 4 is 0 Å². The monoisotopic (exact) mass is 789 g/mol. The van der Waals surface area contributed by atoms with Gasteiger partial charge in [-0.3, -0.25) is 0 Å². The highest BCUT2D eigenvalue weighted by Crippen LogP contribution is 2.69. The van der Waals surface area contributed by atoms with Crippen molar-refractivity contribution < 1.29 is 14.2 Å². The number of nitrogens with two attached hydrogens (primary N) is 3. The van der Waals surface area contributed by atoms with Crippen LogP contribution in [-0.4, -0.2) is 82.3 Å². The molecule has 330 valence electrons. The van der Waals surface area contributed by atoms with Gasteiger partial charge in [0, 0.05) is 25.2 Å². The van der Waals surface area contributed by atoms with E-state index in [1.807, 2.05) is 0 Å².